The standard InChI is InChI=1S/C10H10BrClO/c1-6-4-3-5-8(10(6)12)9(11)7(2)13/h3-5,9H,1-2H3. The first-order valence-electron chi connectivity index (χ1n) is 3.93. The van der Waals surface area contributed by atoms with Crippen LogP contribution >= 0.6 is 27.5 Å². The van der Waals surface area contributed by atoms with E-state index in [2.05, 4.69) is 15.9 Å². The maximum absolute atomic E-state index is 11.1. The number of halogens is 2. The third-order valence-corrected chi connectivity index (χ3v) is 3.51. The Morgan fingerprint density at radius 1 is 1.54 bits per heavy atom. The van der Waals surface area contributed by atoms with Gasteiger partial charge < -0.3 is 0 Å². The number of aryl methyl sites for hydroxylation is 1. The zero-order valence-corrected chi connectivity index (χ0v) is 9.82. The van der Waals surface area contributed by atoms with Crippen LogP contribution in [0.3, 0.4) is 0 Å². The molecule has 0 aromatic heterocycles. The molecule has 1 nitrogen and oxygen atoms in total. The fourth-order valence-electron chi connectivity index (χ4n) is 1.08. The number of alkyl halides is 1. The smallest absolute Gasteiger partial charge is 0.147 e. The summed E-state index contributed by atoms with van der Waals surface area (Å²) in [7, 11) is 0. The van der Waals surface area contributed by atoms with Crippen LogP contribution in [0.4, 0.5) is 0 Å². The van der Waals surface area contributed by atoms with E-state index in [0.29, 0.717) is 5.02 Å². The molecule has 0 aliphatic rings. The Labute approximate surface area is 91.2 Å². The van der Waals surface area contributed by atoms with Gasteiger partial charge >= 0.3 is 0 Å². The third-order valence-electron chi connectivity index (χ3n) is 1.85. The molecule has 13 heavy (non-hydrogen) atoms. The van der Waals surface area contributed by atoms with Crippen LogP contribution in [-0.2, 0) is 4.79 Å². The highest BCUT2D eigenvalue weighted by molar-refractivity contribution is 9.09. The maximum atomic E-state index is 11.1. The number of carbonyl (C=O) groups is 1. The highest BCUT2D eigenvalue weighted by Crippen LogP contribution is 2.31. The molecule has 1 aromatic rings. The van der Waals surface area contributed by atoms with Crippen LogP contribution < -0.4 is 0 Å². The fraction of sp³-hybridized carbons (Fsp3) is 0.300. The molecule has 0 bridgehead atoms. The van der Waals surface area contributed by atoms with Crippen LogP contribution in [0.1, 0.15) is 22.9 Å². The van der Waals surface area contributed by atoms with Crippen molar-refractivity contribution in [2.24, 2.45) is 0 Å². The van der Waals surface area contributed by atoms with Gasteiger partial charge in [-0.25, -0.2) is 0 Å². The van der Waals surface area contributed by atoms with E-state index in [1.54, 1.807) is 0 Å². The summed E-state index contributed by atoms with van der Waals surface area (Å²) in [5.74, 6) is 0.0625. The average molecular weight is 262 g/mol. The Balaban J connectivity index is 3.15. The molecule has 0 spiro atoms. The summed E-state index contributed by atoms with van der Waals surface area (Å²) in [5, 5.41) is 0.666. The molecule has 0 heterocycles. The Bertz CT molecular complexity index is 336. The molecule has 3 heteroatoms. The van der Waals surface area contributed by atoms with Crippen LogP contribution in [0.2, 0.25) is 5.02 Å². The molecule has 0 saturated carbocycles. The summed E-state index contributed by atoms with van der Waals surface area (Å²) in [6, 6.07) is 5.68. The van der Waals surface area contributed by atoms with E-state index in [9.17, 15) is 4.79 Å². The zero-order chi connectivity index (χ0) is 10.0. The highest BCUT2D eigenvalue weighted by Gasteiger charge is 2.16. The first kappa shape index (κ1) is 10.7. The van der Waals surface area contributed by atoms with Crippen molar-refractivity contribution in [3.8, 4) is 0 Å². The Hall–Kier alpha value is -0.340. The summed E-state index contributed by atoms with van der Waals surface area (Å²) < 4.78 is 0. The molecule has 1 unspecified atom stereocenters. The predicted octanol–water partition coefficient (Wildman–Crippen LogP) is 3.67. The molecule has 1 rings (SSSR count). The average Bonchev–Trinajstić information content (AvgIpc) is 2.08. The van der Waals surface area contributed by atoms with Crippen LogP contribution in [0, 0.1) is 6.92 Å². The molecule has 0 saturated heterocycles. The van der Waals surface area contributed by atoms with E-state index in [1.165, 1.54) is 6.92 Å². The lowest BCUT2D eigenvalue weighted by Gasteiger charge is -2.09. The van der Waals surface area contributed by atoms with Crippen molar-refractivity contribution in [1.82, 2.24) is 0 Å². The van der Waals surface area contributed by atoms with Gasteiger partial charge in [0.2, 0.25) is 0 Å². The van der Waals surface area contributed by atoms with Crippen LogP contribution in [0.25, 0.3) is 0 Å². The van der Waals surface area contributed by atoms with E-state index in [-0.39, 0.29) is 10.6 Å². The van der Waals surface area contributed by atoms with Crippen LogP contribution in [-0.4, -0.2) is 5.78 Å². The molecular formula is C10H10BrClO. The minimum Gasteiger partial charge on any atom is -0.298 e. The van der Waals surface area contributed by atoms with Gasteiger partial charge in [-0.15, -0.1) is 0 Å². The van der Waals surface area contributed by atoms with Gasteiger partial charge in [0.1, 0.15) is 5.78 Å². The summed E-state index contributed by atoms with van der Waals surface area (Å²) in [6.45, 7) is 3.46. The van der Waals surface area contributed by atoms with Crippen molar-refractivity contribution in [1.29, 1.82) is 0 Å². The van der Waals surface area contributed by atoms with Crippen molar-refractivity contribution < 1.29 is 4.79 Å². The molecule has 0 radical (unpaired) electrons. The molecular weight excluding hydrogens is 251 g/mol. The maximum Gasteiger partial charge on any atom is 0.147 e. The number of ketones is 1. The lowest BCUT2D eigenvalue weighted by atomic mass is 10.1. The highest BCUT2D eigenvalue weighted by atomic mass is 79.9. The molecule has 70 valence electrons. The third kappa shape index (κ3) is 2.32. The molecule has 1 aromatic carbocycles. The second-order valence-electron chi connectivity index (χ2n) is 2.95. The number of carbonyl (C=O) groups excluding carboxylic acids is 1. The van der Waals surface area contributed by atoms with E-state index in [1.807, 2.05) is 25.1 Å². The SMILES string of the molecule is CC(=O)C(Br)c1cccc(C)c1Cl. The number of hydrogen-bond donors (Lipinski definition) is 0. The van der Waals surface area contributed by atoms with Gasteiger partial charge in [0.25, 0.3) is 0 Å². The van der Waals surface area contributed by atoms with Crippen molar-refractivity contribution in [2.75, 3.05) is 0 Å². The molecule has 0 amide bonds. The van der Waals surface area contributed by atoms with Gasteiger partial charge in [-0.05, 0) is 25.0 Å². The van der Waals surface area contributed by atoms with Crippen molar-refractivity contribution in [3.05, 3.63) is 34.3 Å². The normalized spacial score (nSPS) is 12.6. The lowest BCUT2D eigenvalue weighted by Crippen LogP contribution is -2.02. The van der Waals surface area contributed by atoms with Crippen LogP contribution in [0.5, 0.6) is 0 Å². The van der Waals surface area contributed by atoms with Gasteiger partial charge in [-0.1, -0.05) is 45.7 Å². The Kier molecular flexibility index (Phi) is 3.51. The molecule has 0 aliphatic carbocycles. The molecule has 0 aliphatic heterocycles. The minimum atomic E-state index is -0.292. The fourth-order valence-corrected chi connectivity index (χ4v) is 1.83. The van der Waals surface area contributed by atoms with Gasteiger partial charge in [-0.3, -0.25) is 4.79 Å². The monoisotopic (exact) mass is 260 g/mol. The van der Waals surface area contributed by atoms with E-state index < -0.39 is 0 Å². The summed E-state index contributed by atoms with van der Waals surface area (Å²) in [4.78, 5) is 10.8. The van der Waals surface area contributed by atoms with Crippen LogP contribution in [0.15, 0.2) is 18.2 Å². The number of hydrogen-bond acceptors (Lipinski definition) is 1. The van der Waals surface area contributed by atoms with E-state index in [0.717, 1.165) is 11.1 Å². The molecule has 0 fully saturated rings. The van der Waals surface area contributed by atoms with Crippen molar-refractivity contribution >= 4 is 33.3 Å². The van der Waals surface area contributed by atoms with Gasteiger partial charge in [-0.2, -0.15) is 0 Å². The van der Waals surface area contributed by atoms with Gasteiger partial charge in [0.05, 0.1) is 4.83 Å². The van der Waals surface area contributed by atoms with Crippen molar-refractivity contribution in [2.45, 2.75) is 18.7 Å². The van der Waals surface area contributed by atoms with Gasteiger partial charge in [0, 0.05) is 5.02 Å². The van der Waals surface area contributed by atoms with E-state index in [4.69, 9.17) is 11.6 Å². The quantitative estimate of drug-likeness (QED) is 0.742. The molecule has 0 N–H and O–H groups in total. The zero-order valence-electron chi connectivity index (χ0n) is 7.47. The Morgan fingerprint density at radius 3 is 2.69 bits per heavy atom. The van der Waals surface area contributed by atoms with E-state index >= 15 is 0 Å². The summed E-state index contributed by atoms with van der Waals surface area (Å²) >= 11 is 9.35. The predicted molar refractivity (Wildman–Crippen MR) is 58.5 cm³/mol. The topological polar surface area (TPSA) is 17.1 Å². The lowest BCUT2D eigenvalue weighted by molar-refractivity contribution is -0.116. The first-order chi connectivity index (χ1) is 6.04. The van der Waals surface area contributed by atoms with Gasteiger partial charge in [0.15, 0.2) is 0 Å². The largest absolute Gasteiger partial charge is 0.298 e. The number of benzene rings is 1. The first-order valence-corrected chi connectivity index (χ1v) is 5.23. The minimum absolute atomic E-state index is 0.0625. The second-order valence-corrected chi connectivity index (χ2v) is 4.24. The molecule has 1 atom stereocenters. The summed E-state index contributed by atoms with van der Waals surface area (Å²) in [5.41, 5.74) is 1.83. The van der Waals surface area contributed by atoms with Crippen molar-refractivity contribution in [3.63, 3.8) is 0 Å². The number of rotatable bonds is 2. The summed E-state index contributed by atoms with van der Waals surface area (Å²) in [6.07, 6.45) is 0. The second kappa shape index (κ2) is 4.25. The number of Topliss-reactive ketones (excluding diaryl/α,β-unsaturated/α-hetero) is 1. The Morgan fingerprint density at radius 2 is 2.15 bits per heavy atom.